The Morgan fingerprint density at radius 3 is 2.35 bits per heavy atom. The van der Waals surface area contributed by atoms with Crippen molar-refractivity contribution >= 4 is 17.4 Å². The minimum absolute atomic E-state index is 0.0229. The largest absolute Gasteiger partial charge is 0.373 e. The quantitative estimate of drug-likeness (QED) is 0.895. The molecular weight excluding hydrogens is 331 g/mol. The minimum atomic E-state index is -0.229. The zero-order valence-corrected chi connectivity index (χ0v) is 15.1. The van der Waals surface area contributed by atoms with E-state index in [1.165, 1.54) is 12.1 Å². The number of urea groups is 1. The fraction of sp³-hybridized carbons (Fsp3) is 0.350. The summed E-state index contributed by atoms with van der Waals surface area (Å²) in [4.78, 5) is 18.5. The van der Waals surface area contributed by atoms with Crippen molar-refractivity contribution in [1.82, 2.24) is 10.2 Å². The maximum Gasteiger partial charge on any atom is 0.317 e. The fourth-order valence-corrected chi connectivity index (χ4v) is 3.07. The summed E-state index contributed by atoms with van der Waals surface area (Å²) in [5.41, 5.74) is 2.13. The zero-order chi connectivity index (χ0) is 18.4. The maximum atomic E-state index is 13.0. The average Bonchev–Trinajstić information content (AvgIpc) is 2.69. The third kappa shape index (κ3) is 4.65. The maximum absolute atomic E-state index is 13.0. The van der Waals surface area contributed by atoms with E-state index >= 15 is 0 Å². The lowest BCUT2D eigenvalue weighted by atomic mass is 10.2. The fourth-order valence-electron chi connectivity index (χ4n) is 3.07. The van der Waals surface area contributed by atoms with Crippen LogP contribution in [0, 0.1) is 5.82 Å². The molecule has 138 valence electrons. The van der Waals surface area contributed by atoms with Gasteiger partial charge in [-0.15, -0.1) is 0 Å². The van der Waals surface area contributed by atoms with Gasteiger partial charge < -0.3 is 20.0 Å². The number of carbonyl (C=O) groups excluding carboxylic acids is 1. The Balaban J connectivity index is 1.40. The highest BCUT2D eigenvalue weighted by Crippen LogP contribution is 2.17. The van der Waals surface area contributed by atoms with Crippen molar-refractivity contribution in [3.05, 3.63) is 60.4 Å². The monoisotopic (exact) mass is 356 g/mol. The summed E-state index contributed by atoms with van der Waals surface area (Å²) in [6.45, 7) is 4.19. The van der Waals surface area contributed by atoms with Crippen LogP contribution >= 0.6 is 0 Å². The van der Waals surface area contributed by atoms with Crippen molar-refractivity contribution in [2.24, 2.45) is 0 Å². The van der Waals surface area contributed by atoms with Gasteiger partial charge in [0.05, 0.1) is 0 Å². The smallest absolute Gasteiger partial charge is 0.317 e. The second-order valence-electron chi connectivity index (χ2n) is 6.44. The molecule has 0 spiro atoms. The topological polar surface area (TPSA) is 38.8 Å². The third-order valence-corrected chi connectivity index (χ3v) is 4.68. The molecule has 6 heteroatoms. The Kier molecular flexibility index (Phi) is 5.94. The predicted molar refractivity (Wildman–Crippen MR) is 103 cm³/mol. The highest BCUT2D eigenvalue weighted by molar-refractivity contribution is 5.74. The zero-order valence-electron chi connectivity index (χ0n) is 15.1. The molecule has 5 nitrogen and oxygen atoms in total. The van der Waals surface area contributed by atoms with Gasteiger partial charge in [-0.05, 0) is 36.4 Å². The number of piperazine rings is 1. The molecule has 1 fully saturated rings. The molecule has 1 N–H and O–H groups in total. The molecule has 0 aliphatic carbocycles. The lowest BCUT2D eigenvalue weighted by Crippen LogP contribution is -2.52. The van der Waals surface area contributed by atoms with Gasteiger partial charge in [-0.25, -0.2) is 9.18 Å². The number of anilines is 2. The number of halogens is 1. The number of nitrogens with one attached hydrogen (secondary N) is 1. The van der Waals surface area contributed by atoms with E-state index in [9.17, 15) is 9.18 Å². The average molecular weight is 356 g/mol. The molecule has 2 amide bonds. The van der Waals surface area contributed by atoms with E-state index in [1.807, 2.05) is 30.1 Å². The molecule has 2 aromatic rings. The van der Waals surface area contributed by atoms with E-state index < -0.39 is 0 Å². The molecule has 3 rings (SSSR count). The van der Waals surface area contributed by atoms with E-state index in [-0.39, 0.29) is 11.8 Å². The van der Waals surface area contributed by atoms with Crippen molar-refractivity contribution in [2.75, 3.05) is 56.1 Å². The van der Waals surface area contributed by atoms with Gasteiger partial charge in [0.15, 0.2) is 0 Å². The Morgan fingerprint density at radius 2 is 1.69 bits per heavy atom. The molecule has 0 atom stereocenters. The van der Waals surface area contributed by atoms with E-state index in [1.54, 1.807) is 12.1 Å². The van der Waals surface area contributed by atoms with Crippen LogP contribution in [0.25, 0.3) is 0 Å². The highest BCUT2D eigenvalue weighted by atomic mass is 19.1. The molecule has 0 radical (unpaired) electrons. The molecule has 0 unspecified atom stereocenters. The van der Waals surface area contributed by atoms with E-state index in [0.29, 0.717) is 19.6 Å². The van der Waals surface area contributed by atoms with Gasteiger partial charge in [0.25, 0.3) is 0 Å². The SMILES string of the molecule is CN(CCNC(=O)N1CCN(c2ccc(F)cc2)CC1)c1ccccc1. The standard InChI is InChI=1S/C20H25FN4O/c1-23(18-5-3-2-4-6-18)12-11-22-20(26)25-15-13-24(14-16-25)19-9-7-17(21)8-10-19/h2-10H,11-16H2,1H3,(H,22,26). The minimum Gasteiger partial charge on any atom is -0.373 e. The first-order valence-corrected chi connectivity index (χ1v) is 8.93. The number of hydrogen-bond acceptors (Lipinski definition) is 3. The Hall–Kier alpha value is -2.76. The number of para-hydroxylation sites is 1. The lowest BCUT2D eigenvalue weighted by Gasteiger charge is -2.36. The van der Waals surface area contributed by atoms with Gasteiger partial charge in [-0.2, -0.15) is 0 Å². The van der Waals surface area contributed by atoms with Crippen molar-refractivity contribution < 1.29 is 9.18 Å². The van der Waals surface area contributed by atoms with Gasteiger partial charge in [0.2, 0.25) is 0 Å². The second-order valence-corrected chi connectivity index (χ2v) is 6.44. The molecule has 1 saturated heterocycles. The van der Waals surface area contributed by atoms with Crippen LogP contribution in [0.1, 0.15) is 0 Å². The molecule has 1 aliphatic heterocycles. The van der Waals surface area contributed by atoms with Crippen LogP contribution in [0.2, 0.25) is 0 Å². The first kappa shape index (κ1) is 18.0. The van der Waals surface area contributed by atoms with Gasteiger partial charge in [-0.3, -0.25) is 0 Å². The normalized spacial score (nSPS) is 14.2. The van der Waals surface area contributed by atoms with Crippen LogP contribution < -0.4 is 15.1 Å². The second kappa shape index (κ2) is 8.56. The number of amides is 2. The summed E-state index contributed by atoms with van der Waals surface area (Å²) in [7, 11) is 2.02. The first-order chi connectivity index (χ1) is 12.6. The highest BCUT2D eigenvalue weighted by Gasteiger charge is 2.21. The summed E-state index contributed by atoms with van der Waals surface area (Å²) in [5.74, 6) is -0.229. The van der Waals surface area contributed by atoms with Gasteiger partial charge in [0, 0.05) is 57.7 Å². The van der Waals surface area contributed by atoms with Crippen LogP contribution in [0.15, 0.2) is 54.6 Å². The third-order valence-electron chi connectivity index (χ3n) is 4.68. The summed E-state index contributed by atoms with van der Waals surface area (Å²) >= 11 is 0. The van der Waals surface area contributed by atoms with Crippen LogP contribution in [0.4, 0.5) is 20.6 Å². The molecule has 1 heterocycles. The number of benzene rings is 2. The molecular formula is C20H25FN4O. The van der Waals surface area contributed by atoms with Crippen molar-refractivity contribution in [1.29, 1.82) is 0 Å². The van der Waals surface area contributed by atoms with Crippen LogP contribution in [-0.2, 0) is 0 Å². The molecule has 26 heavy (non-hydrogen) atoms. The van der Waals surface area contributed by atoms with Crippen LogP contribution in [0.3, 0.4) is 0 Å². The summed E-state index contributed by atoms with van der Waals surface area (Å²) < 4.78 is 13.0. The van der Waals surface area contributed by atoms with E-state index in [4.69, 9.17) is 0 Å². The molecule has 0 saturated carbocycles. The van der Waals surface area contributed by atoms with Crippen molar-refractivity contribution in [3.63, 3.8) is 0 Å². The van der Waals surface area contributed by atoms with E-state index in [2.05, 4.69) is 27.2 Å². The summed E-state index contributed by atoms with van der Waals surface area (Å²) in [5, 5.41) is 2.99. The Bertz CT molecular complexity index is 700. The number of rotatable bonds is 5. The van der Waals surface area contributed by atoms with Gasteiger partial charge >= 0.3 is 6.03 Å². The van der Waals surface area contributed by atoms with E-state index in [0.717, 1.165) is 31.0 Å². The predicted octanol–water partition coefficient (Wildman–Crippen LogP) is 2.79. The molecule has 2 aromatic carbocycles. The molecule has 1 aliphatic rings. The van der Waals surface area contributed by atoms with Crippen molar-refractivity contribution in [2.45, 2.75) is 0 Å². The van der Waals surface area contributed by atoms with Crippen LogP contribution in [-0.4, -0.2) is 57.2 Å². The lowest BCUT2D eigenvalue weighted by molar-refractivity contribution is 0.194. The van der Waals surface area contributed by atoms with Gasteiger partial charge in [0.1, 0.15) is 5.82 Å². The summed E-state index contributed by atoms with van der Waals surface area (Å²) in [6.07, 6.45) is 0. The first-order valence-electron chi connectivity index (χ1n) is 8.93. The van der Waals surface area contributed by atoms with Crippen LogP contribution in [0.5, 0.6) is 0 Å². The molecule has 0 aromatic heterocycles. The number of hydrogen-bond donors (Lipinski definition) is 1. The number of likely N-dealkylation sites (N-methyl/N-ethyl adjacent to an activating group) is 1. The number of carbonyl (C=O) groups is 1. The Labute approximate surface area is 154 Å². The number of nitrogens with zero attached hydrogens (tertiary/aromatic N) is 3. The van der Waals surface area contributed by atoms with Crippen molar-refractivity contribution in [3.8, 4) is 0 Å². The van der Waals surface area contributed by atoms with Gasteiger partial charge in [-0.1, -0.05) is 18.2 Å². The summed E-state index contributed by atoms with van der Waals surface area (Å²) in [6, 6.07) is 16.6. The Morgan fingerprint density at radius 1 is 1.04 bits per heavy atom. The molecule has 0 bridgehead atoms.